The van der Waals surface area contributed by atoms with Crippen molar-refractivity contribution >= 4 is 30.7 Å². The molecule has 0 bridgehead atoms. The number of nitrogen functional groups attached to an aromatic ring is 1. The zero-order valence-corrected chi connectivity index (χ0v) is 18.6. The number of benzene rings is 1. The first-order chi connectivity index (χ1) is 16.3. The van der Waals surface area contributed by atoms with Gasteiger partial charge < -0.3 is 15.9 Å². The summed E-state index contributed by atoms with van der Waals surface area (Å²) in [7, 11) is 6.34. The van der Waals surface area contributed by atoms with Crippen LogP contribution in [0.4, 0.5) is 5.82 Å². The quantitative estimate of drug-likeness (QED) is 0.397. The Hall–Kier alpha value is -3.72. The van der Waals surface area contributed by atoms with E-state index >= 15 is 0 Å². The highest BCUT2D eigenvalue weighted by Crippen LogP contribution is 2.39. The molecule has 0 saturated heterocycles. The monoisotopic (exact) mass is 453 g/mol. The molecule has 1 aromatic carbocycles. The Morgan fingerprint density at radius 1 is 1.12 bits per heavy atom. The summed E-state index contributed by atoms with van der Waals surface area (Å²) in [5.41, 5.74) is 10.3. The van der Waals surface area contributed by atoms with Crippen LogP contribution in [0.25, 0.3) is 28.0 Å². The number of nitrogens with zero attached hydrogens (tertiary/aromatic N) is 4. The number of aliphatic hydroxyl groups is 1. The van der Waals surface area contributed by atoms with Crippen molar-refractivity contribution in [3.63, 3.8) is 0 Å². The number of carboxylic acids is 1. The minimum Gasteiger partial charge on any atom is -0.481 e. The molecule has 0 amide bonds. The van der Waals surface area contributed by atoms with Crippen molar-refractivity contribution in [1.82, 2.24) is 19.6 Å². The fourth-order valence-electron chi connectivity index (χ4n) is 4.78. The molecule has 34 heavy (non-hydrogen) atoms. The zero-order valence-electron chi connectivity index (χ0n) is 18.6. The number of hydrogen-bond acceptors (Lipinski definition) is 6. The fraction of sp³-hybridized carbons (Fsp3) is 0.280. The number of nitrogens with two attached hydrogens (primary N) is 1. The van der Waals surface area contributed by atoms with Crippen LogP contribution in [-0.4, -0.2) is 49.2 Å². The van der Waals surface area contributed by atoms with Crippen molar-refractivity contribution in [2.45, 2.75) is 43.6 Å². The lowest BCUT2D eigenvalue weighted by Crippen LogP contribution is -2.37. The third-order valence-corrected chi connectivity index (χ3v) is 6.68. The van der Waals surface area contributed by atoms with Crippen LogP contribution in [0.15, 0.2) is 54.9 Å². The van der Waals surface area contributed by atoms with Gasteiger partial charge in [0.2, 0.25) is 0 Å². The van der Waals surface area contributed by atoms with Gasteiger partial charge in [0.1, 0.15) is 13.7 Å². The van der Waals surface area contributed by atoms with Gasteiger partial charge in [-0.3, -0.25) is 9.78 Å². The Morgan fingerprint density at radius 2 is 1.85 bits per heavy atom. The highest BCUT2D eigenvalue weighted by molar-refractivity contribution is 6.36. The maximum Gasteiger partial charge on any atom is 0.306 e. The first-order valence-corrected chi connectivity index (χ1v) is 11.2. The Balaban J connectivity index is 1.47. The van der Waals surface area contributed by atoms with Crippen LogP contribution in [0.2, 0.25) is 0 Å². The first kappa shape index (κ1) is 22.1. The average molecular weight is 453 g/mol. The summed E-state index contributed by atoms with van der Waals surface area (Å²) in [6.45, 7) is 0. The van der Waals surface area contributed by atoms with Gasteiger partial charge in [0.15, 0.2) is 5.65 Å². The number of carboxylic acid groups (broad SMARTS) is 1. The van der Waals surface area contributed by atoms with Crippen LogP contribution < -0.4 is 11.2 Å². The summed E-state index contributed by atoms with van der Waals surface area (Å²) in [4.78, 5) is 20.6. The molecular formula is C25H24BN5O3. The van der Waals surface area contributed by atoms with Crippen molar-refractivity contribution in [2.75, 3.05) is 5.73 Å². The topological polar surface area (TPSA) is 127 Å². The van der Waals surface area contributed by atoms with Crippen molar-refractivity contribution in [3.8, 4) is 22.4 Å². The number of carbonyl (C=O) groups is 1. The second-order valence-electron chi connectivity index (χ2n) is 8.96. The standard InChI is InChI=1S/C25H24BN5O3/c26-21-22(16-8-10-25(34,11-9-16)12-20(32)33)30-24-18(14-29-31(24)23(21)27)17-6-7-19(28-13-17)15-4-2-1-3-5-15/h1-7,13-14,16,34H,8-12,27H2,(H,32,33). The summed E-state index contributed by atoms with van der Waals surface area (Å²) in [6, 6.07) is 13.9. The van der Waals surface area contributed by atoms with Crippen molar-refractivity contribution < 1.29 is 15.0 Å². The molecule has 0 aliphatic heterocycles. The molecular weight excluding hydrogens is 429 g/mol. The van der Waals surface area contributed by atoms with Gasteiger partial charge in [-0.2, -0.15) is 9.61 Å². The molecule has 2 radical (unpaired) electrons. The molecule has 0 unspecified atom stereocenters. The summed E-state index contributed by atoms with van der Waals surface area (Å²) in [6.07, 6.45) is 5.12. The lowest BCUT2D eigenvalue weighted by molar-refractivity contribution is -0.144. The van der Waals surface area contributed by atoms with E-state index in [9.17, 15) is 9.90 Å². The van der Waals surface area contributed by atoms with Gasteiger partial charge in [0, 0.05) is 34.5 Å². The normalized spacial score (nSPS) is 20.4. The molecule has 1 aliphatic rings. The molecule has 3 heterocycles. The van der Waals surface area contributed by atoms with Crippen molar-refractivity contribution in [3.05, 3.63) is 60.6 Å². The van der Waals surface area contributed by atoms with Crippen LogP contribution in [0, 0.1) is 0 Å². The highest BCUT2D eigenvalue weighted by atomic mass is 16.4. The first-order valence-electron chi connectivity index (χ1n) is 11.2. The van der Waals surface area contributed by atoms with E-state index in [1.807, 2.05) is 42.5 Å². The van der Waals surface area contributed by atoms with Crippen LogP contribution in [0.1, 0.15) is 43.7 Å². The summed E-state index contributed by atoms with van der Waals surface area (Å²) in [5, 5.41) is 24.1. The van der Waals surface area contributed by atoms with E-state index in [-0.39, 0.29) is 12.3 Å². The highest BCUT2D eigenvalue weighted by Gasteiger charge is 2.36. The molecule has 9 heteroatoms. The van der Waals surface area contributed by atoms with Crippen LogP contribution in [0.3, 0.4) is 0 Å². The molecule has 0 spiro atoms. The third kappa shape index (κ3) is 4.03. The van der Waals surface area contributed by atoms with Gasteiger partial charge in [0.05, 0.1) is 23.9 Å². The number of fused-ring (bicyclic) bond motifs is 1. The van der Waals surface area contributed by atoms with E-state index in [0.717, 1.165) is 22.4 Å². The Kier molecular flexibility index (Phi) is 5.57. The summed E-state index contributed by atoms with van der Waals surface area (Å²) in [5.74, 6) is -0.714. The lowest BCUT2D eigenvalue weighted by Gasteiger charge is -2.35. The number of pyridine rings is 1. The largest absolute Gasteiger partial charge is 0.481 e. The van der Waals surface area contributed by atoms with Gasteiger partial charge in [-0.1, -0.05) is 36.4 Å². The molecule has 4 aromatic rings. The van der Waals surface area contributed by atoms with E-state index in [2.05, 4.69) is 10.1 Å². The zero-order chi connectivity index (χ0) is 23.9. The molecule has 1 aliphatic carbocycles. The molecule has 5 rings (SSSR count). The van der Waals surface area contributed by atoms with Crippen molar-refractivity contribution in [2.24, 2.45) is 0 Å². The maximum atomic E-state index is 11.1. The number of hydrogen-bond donors (Lipinski definition) is 3. The summed E-state index contributed by atoms with van der Waals surface area (Å²) < 4.78 is 1.53. The predicted molar refractivity (Wildman–Crippen MR) is 130 cm³/mol. The minimum absolute atomic E-state index is 0.0253. The van der Waals surface area contributed by atoms with Gasteiger partial charge in [-0.15, -0.1) is 0 Å². The average Bonchev–Trinajstić information content (AvgIpc) is 3.26. The second-order valence-corrected chi connectivity index (χ2v) is 8.96. The van der Waals surface area contributed by atoms with Gasteiger partial charge in [-0.05, 0) is 37.2 Å². The minimum atomic E-state index is -1.19. The van der Waals surface area contributed by atoms with E-state index in [0.29, 0.717) is 48.3 Å². The van der Waals surface area contributed by atoms with Gasteiger partial charge >= 0.3 is 5.97 Å². The number of rotatable bonds is 5. The molecule has 8 nitrogen and oxygen atoms in total. The Bertz CT molecular complexity index is 1350. The van der Waals surface area contributed by atoms with Gasteiger partial charge in [0.25, 0.3) is 0 Å². The predicted octanol–water partition coefficient (Wildman–Crippen LogP) is 2.70. The number of aliphatic carboxylic acids is 1. The maximum absolute atomic E-state index is 11.1. The van der Waals surface area contributed by atoms with Crippen LogP contribution in [0.5, 0.6) is 0 Å². The van der Waals surface area contributed by atoms with E-state index in [4.69, 9.17) is 23.7 Å². The van der Waals surface area contributed by atoms with E-state index in [1.54, 1.807) is 12.4 Å². The fourth-order valence-corrected chi connectivity index (χ4v) is 4.78. The van der Waals surface area contributed by atoms with Crippen LogP contribution >= 0.6 is 0 Å². The molecule has 1 saturated carbocycles. The molecule has 0 atom stereocenters. The van der Waals surface area contributed by atoms with E-state index < -0.39 is 11.6 Å². The molecule has 3 aromatic heterocycles. The second kappa shape index (κ2) is 8.57. The molecule has 4 N–H and O–H groups in total. The third-order valence-electron chi connectivity index (χ3n) is 6.68. The molecule has 1 fully saturated rings. The van der Waals surface area contributed by atoms with E-state index in [1.165, 1.54) is 4.52 Å². The van der Waals surface area contributed by atoms with Gasteiger partial charge in [-0.25, -0.2) is 4.98 Å². The number of aromatic nitrogens is 4. The smallest absolute Gasteiger partial charge is 0.306 e. The number of anilines is 1. The van der Waals surface area contributed by atoms with Crippen molar-refractivity contribution in [1.29, 1.82) is 0 Å². The van der Waals surface area contributed by atoms with Crippen LogP contribution in [-0.2, 0) is 4.79 Å². The Labute approximate surface area is 197 Å². The Morgan fingerprint density at radius 3 is 2.50 bits per heavy atom. The molecule has 170 valence electrons. The SMILES string of the molecule is [B]c1c(C2CCC(O)(CC(=O)O)CC2)nc2c(-c3ccc(-c4ccccc4)nc3)cnn2c1N. The summed E-state index contributed by atoms with van der Waals surface area (Å²) >= 11 is 0. The lowest BCUT2D eigenvalue weighted by atomic mass is 9.73.